The van der Waals surface area contributed by atoms with Gasteiger partial charge in [0.15, 0.2) is 0 Å². The molecule has 0 fully saturated rings. The fourth-order valence-corrected chi connectivity index (χ4v) is 2.16. The molecule has 2 aromatic carbocycles. The zero-order valence-electron chi connectivity index (χ0n) is 10.4. The van der Waals surface area contributed by atoms with E-state index >= 15 is 0 Å². The Morgan fingerprint density at radius 1 is 1.15 bits per heavy atom. The van der Waals surface area contributed by atoms with E-state index in [1.54, 1.807) is 12.1 Å². The average molecular weight is 289 g/mol. The van der Waals surface area contributed by atoms with Crippen molar-refractivity contribution in [2.24, 2.45) is 0 Å². The van der Waals surface area contributed by atoms with Gasteiger partial charge < -0.3 is 0 Å². The molecule has 3 rings (SSSR count). The van der Waals surface area contributed by atoms with Crippen LogP contribution in [-0.2, 0) is 6.54 Å². The summed E-state index contributed by atoms with van der Waals surface area (Å²) in [4.78, 5) is 16.4. The quantitative estimate of drug-likeness (QED) is 0.725. The zero-order chi connectivity index (χ0) is 14.1. The van der Waals surface area contributed by atoms with Gasteiger partial charge in [0, 0.05) is 11.1 Å². The third-order valence-electron chi connectivity index (χ3n) is 3.05. The fourth-order valence-electron chi connectivity index (χ4n) is 2.03. The van der Waals surface area contributed by atoms with Gasteiger partial charge in [-0.15, -0.1) is 0 Å². The van der Waals surface area contributed by atoms with Crippen molar-refractivity contribution in [1.82, 2.24) is 9.55 Å². The first-order valence-corrected chi connectivity index (χ1v) is 6.40. The van der Waals surface area contributed by atoms with E-state index in [4.69, 9.17) is 11.6 Å². The molecule has 1 heterocycles. The molecule has 100 valence electrons. The van der Waals surface area contributed by atoms with Crippen molar-refractivity contribution in [3.05, 3.63) is 75.5 Å². The Morgan fingerprint density at radius 3 is 2.65 bits per heavy atom. The third kappa shape index (κ3) is 2.42. The highest BCUT2D eigenvalue weighted by Crippen LogP contribution is 2.12. The Morgan fingerprint density at radius 2 is 1.90 bits per heavy atom. The second-order valence-corrected chi connectivity index (χ2v) is 4.90. The van der Waals surface area contributed by atoms with Crippen LogP contribution < -0.4 is 5.56 Å². The van der Waals surface area contributed by atoms with Crippen molar-refractivity contribution in [2.75, 3.05) is 0 Å². The van der Waals surface area contributed by atoms with Crippen LogP contribution in [0.3, 0.4) is 0 Å². The molecule has 0 saturated heterocycles. The molecule has 0 aliphatic heterocycles. The molecule has 0 radical (unpaired) electrons. The molecule has 0 bridgehead atoms. The second kappa shape index (κ2) is 5.06. The van der Waals surface area contributed by atoms with Crippen LogP contribution in [0.5, 0.6) is 0 Å². The number of fused-ring (bicyclic) bond motifs is 1. The maximum atomic E-state index is 13.1. The van der Waals surface area contributed by atoms with Crippen LogP contribution in [0.2, 0.25) is 5.02 Å². The molecule has 3 nitrogen and oxygen atoms in total. The van der Waals surface area contributed by atoms with Gasteiger partial charge in [-0.3, -0.25) is 9.36 Å². The van der Waals surface area contributed by atoms with Crippen molar-refractivity contribution in [3.63, 3.8) is 0 Å². The number of hydrogen-bond acceptors (Lipinski definition) is 2. The van der Waals surface area contributed by atoms with E-state index in [0.29, 0.717) is 22.5 Å². The first-order valence-electron chi connectivity index (χ1n) is 6.02. The summed E-state index contributed by atoms with van der Waals surface area (Å²) in [6.07, 6.45) is 1.43. The van der Waals surface area contributed by atoms with Gasteiger partial charge in [-0.05, 0) is 29.8 Å². The minimum absolute atomic E-state index is 0.190. The smallest absolute Gasteiger partial charge is 0.261 e. The fraction of sp³-hybridized carbons (Fsp3) is 0.0667. The standard InChI is InChI=1S/C15H10ClFN2O/c16-11-3-1-10(2-4-11)8-19-9-18-14-7-12(17)5-6-13(14)15(19)20/h1-7,9H,8H2. The van der Waals surface area contributed by atoms with Gasteiger partial charge in [0.1, 0.15) is 5.82 Å². The molecule has 3 aromatic rings. The molecule has 0 amide bonds. The maximum Gasteiger partial charge on any atom is 0.261 e. The lowest BCUT2D eigenvalue weighted by atomic mass is 10.2. The molecule has 20 heavy (non-hydrogen) atoms. The van der Waals surface area contributed by atoms with E-state index in [-0.39, 0.29) is 5.56 Å². The number of rotatable bonds is 2. The van der Waals surface area contributed by atoms with Gasteiger partial charge in [-0.2, -0.15) is 0 Å². The molecule has 0 atom stereocenters. The van der Waals surface area contributed by atoms with Crippen LogP contribution >= 0.6 is 11.6 Å². The lowest BCUT2D eigenvalue weighted by molar-refractivity contribution is 0.629. The number of hydrogen-bond donors (Lipinski definition) is 0. The van der Waals surface area contributed by atoms with Crippen molar-refractivity contribution in [2.45, 2.75) is 6.54 Å². The molecule has 0 aliphatic rings. The van der Waals surface area contributed by atoms with Gasteiger partial charge in [0.25, 0.3) is 5.56 Å². The number of halogens is 2. The monoisotopic (exact) mass is 288 g/mol. The summed E-state index contributed by atoms with van der Waals surface area (Å²) in [7, 11) is 0. The number of nitrogens with zero attached hydrogens (tertiary/aromatic N) is 2. The average Bonchev–Trinajstić information content (AvgIpc) is 2.44. The summed E-state index contributed by atoms with van der Waals surface area (Å²) in [5, 5.41) is 1.05. The third-order valence-corrected chi connectivity index (χ3v) is 3.31. The molecular weight excluding hydrogens is 279 g/mol. The van der Waals surface area contributed by atoms with Crippen molar-refractivity contribution in [3.8, 4) is 0 Å². The summed E-state index contributed by atoms with van der Waals surface area (Å²) in [5.74, 6) is -0.403. The summed E-state index contributed by atoms with van der Waals surface area (Å²) in [6, 6.07) is 11.2. The molecule has 1 aromatic heterocycles. The van der Waals surface area contributed by atoms with Crippen LogP contribution in [0.15, 0.2) is 53.6 Å². The first kappa shape index (κ1) is 12.8. The van der Waals surface area contributed by atoms with Crippen molar-refractivity contribution < 1.29 is 4.39 Å². The van der Waals surface area contributed by atoms with E-state index in [1.165, 1.54) is 29.1 Å². The Balaban J connectivity index is 2.04. The number of aromatic nitrogens is 2. The van der Waals surface area contributed by atoms with Crippen molar-refractivity contribution in [1.29, 1.82) is 0 Å². The zero-order valence-corrected chi connectivity index (χ0v) is 11.1. The van der Waals surface area contributed by atoms with E-state index in [0.717, 1.165) is 5.56 Å². The predicted molar refractivity (Wildman–Crippen MR) is 76.5 cm³/mol. The normalized spacial score (nSPS) is 10.9. The second-order valence-electron chi connectivity index (χ2n) is 4.47. The highest BCUT2D eigenvalue weighted by Gasteiger charge is 2.05. The van der Waals surface area contributed by atoms with Gasteiger partial charge >= 0.3 is 0 Å². The van der Waals surface area contributed by atoms with Gasteiger partial charge in [0.05, 0.1) is 23.8 Å². The lowest BCUT2D eigenvalue weighted by Gasteiger charge is -2.07. The van der Waals surface area contributed by atoms with Crippen LogP contribution in [0.4, 0.5) is 4.39 Å². The molecule has 0 N–H and O–H groups in total. The highest BCUT2D eigenvalue weighted by molar-refractivity contribution is 6.30. The maximum absolute atomic E-state index is 13.1. The van der Waals surface area contributed by atoms with E-state index in [1.807, 2.05) is 12.1 Å². The van der Waals surface area contributed by atoms with Crippen LogP contribution in [0, 0.1) is 5.82 Å². The van der Waals surface area contributed by atoms with Gasteiger partial charge in [0.2, 0.25) is 0 Å². The SMILES string of the molecule is O=c1c2ccc(F)cc2ncn1Cc1ccc(Cl)cc1. The summed E-state index contributed by atoms with van der Waals surface area (Å²) < 4.78 is 14.6. The summed E-state index contributed by atoms with van der Waals surface area (Å²) in [5.41, 5.74) is 1.12. The summed E-state index contributed by atoms with van der Waals surface area (Å²) >= 11 is 5.82. The summed E-state index contributed by atoms with van der Waals surface area (Å²) in [6.45, 7) is 0.399. The topological polar surface area (TPSA) is 34.9 Å². The van der Waals surface area contributed by atoms with E-state index < -0.39 is 5.82 Å². The van der Waals surface area contributed by atoms with Crippen LogP contribution in [0.25, 0.3) is 10.9 Å². The van der Waals surface area contributed by atoms with Gasteiger partial charge in [-0.1, -0.05) is 23.7 Å². The molecule has 0 saturated carbocycles. The molecular formula is C15H10ClFN2O. The molecule has 0 spiro atoms. The van der Waals surface area contributed by atoms with Crippen LogP contribution in [0.1, 0.15) is 5.56 Å². The van der Waals surface area contributed by atoms with Crippen molar-refractivity contribution >= 4 is 22.5 Å². The van der Waals surface area contributed by atoms with Gasteiger partial charge in [-0.25, -0.2) is 9.37 Å². The largest absolute Gasteiger partial charge is 0.294 e. The molecule has 0 aliphatic carbocycles. The van der Waals surface area contributed by atoms with Crippen LogP contribution in [-0.4, -0.2) is 9.55 Å². The Labute approximate surface area is 119 Å². The predicted octanol–water partition coefficient (Wildman–Crippen LogP) is 3.24. The minimum atomic E-state index is -0.403. The lowest BCUT2D eigenvalue weighted by Crippen LogP contribution is -2.21. The minimum Gasteiger partial charge on any atom is -0.294 e. The highest BCUT2D eigenvalue weighted by atomic mass is 35.5. The number of benzene rings is 2. The first-order chi connectivity index (χ1) is 9.63. The Hall–Kier alpha value is -2.20. The Kier molecular flexibility index (Phi) is 3.24. The van der Waals surface area contributed by atoms with E-state index in [9.17, 15) is 9.18 Å². The molecule has 5 heteroatoms. The van der Waals surface area contributed by atoms with E-state index in [2.05, 4.69) is 4.98 Å². The molecule has 0 unspecified atom stereocenters. The Bertz CT molecular complexity index is 827.